The van der Waals surface area contributed by atoms with E-state index in [2.05, 4.69) is 21.2 Å². The molecule has 1 heterocycles. The molecule has 1 fully saturated rings. The number of aromatic hydroxyl groups is 1. The maximum absolute atomic E-state index is 12.2. The molecule has 1 aromatic heterocycles. The van der Waals surface area contributed by atoms with Gasteiger partial charge < -0.3 is 15.0 Å². The zero-order valence-corrected chi connectivity index (χ0v) is 12.4. The Bertz CT molecular complexity index is 630. The fourth-order valence-corrected chi connectivity index (χ4v) is 2.61. The summed E-state index contributed by atoms with van der Waals surface area (Å²) in [6, 6.07) is 9.15. The minimum Gasteiger partial charge on any atom is -0.508 e. The lowest BCUT2D eigenvalue weighted by Crippen LogP contribution is -2.25. The highest BCUT2D eigenvalue weighted by Gasteiger charge is 2.27. The Hall–Kier alpha value is -1.75. The van der Waals surface area contributed by atoms with Crippen LogP contribution in [0.15, 0.2) is 41.0 Å². The van der Waals surface area contributed by atoms with Gasteiger partial charge in [-0.1, -0.05) is 12.1 Å². The quantitative estimate of drug-likeness (QED) is 0.901. The van der Waals surface area contributed by atoms with Crippen molar-refractivity contribution in [3.05, 3.63) is 52.3 Å². The number of hydrogen-bond donors (Lipinski definition) is 2. The molecule has 4 nitrogen and oxygen atoms in total. The summed E-state index contributed by atoms with van der Waals surface area (Å²) < 4.78 is 2.97. The molecule has 0 bridgehead atoms. The fraction of sp³-hybridized carbons (Fsp3) is 0.267. The minimum atomic E-state index is -0.0734. The Kier molecular flexibility index (Phi) is 3.53. The summed E-state index contributed by atoms with van der Waals surface area (Å²) in [5, 5.41) is 12.1. The van der Waals surface area contributed by atoms with Crippen LogP contribution in [-0.4, -0.2) is 15.6 Å². The van der Waals surface area contributed by atoms with Crippen LogP contribution in [0, 0.1) is 0 Å². The van der Waals surface area contributed by atoms with Crippen LogP contribution in [-0.2, 0) is 6.54 Å². The number of carbonyl (C=O) groups excluding carboxylic acids is 1. The molecule has 3 rings (SSSR count). The molecule has 0 radical (unpaired) electrons. The first-order valence-electron chi connectivity index (χ1n) is 6.57. The normalized spacial score (nSPS) is 14.2. The molecule has 2 aromatic rings. The van der Waals surface area contributed by atoms with Crippen molar-refractivity contribution in [2.75, 3.05) is 0 Å². The van der Waals surface area contributed by atoms with Crippen molar-refractivity contribution < 1.29 is 9.90 Å². The summed E-state index contributed by atoms with van der Waals surface area (Å²) >= 11 is 3.42. The predicted octanol–water partition coefficient (Wildman–Crippen LogP) is 3.22. The van der Waals surface area contributed by atoms with E-state index in [-0.39, 0.29) is 11.7 Å². The molecule has 0 spiro atoms. The zero-order valence-electron chi connectivity index (χ0n) is 10.8. The lowest BCUT2D eigenvalue weighted by atomic mass is 10.2. The summed E-state index contributed by atoms with van der Waals surface area (Å²) in [7, 11) is 0. The number of nitrogens with one attached hydrogen (secondary N) is 1. The van der Waals surface area contributed by atoms with E-state index in [1.807, 2.05) is 16.8 Å². The number of carbonyl (C=O) groups is 1. The third-order valence-corrected chi connectivity index (χ3v) is 3.81. The molecule has 1 amide bonds. The van der Waals surface area contributed by atoms with Crippen LogP contribution >= 0.6 is 15.9 Å². The Labute approximate surface area is 125 Å². The van der Waals surface area contributed by atoms with E-state index in [1.54, 1.807) is 24.3 Å². The summed E-state index contributed by atoms with van der Waals surface area (Å²) in [6.07, 6.45) is 4.24. The summed E-state index contributed by atoms with van der Waals surface area (Å²) in [4.78, 5) is 12.2. The molecule has 104 valence electrons. The molecular weight excluding hydrogens is 320 g/mol. The number of nitrogens with zero attached hydrogens (tertiary/aromatic N) is 1. The summed E-state index contributed by atoms with van der Waals surface area (Å²) in [5.41, 5.74) is 1.65. The third-order valence-electron chi connectivity index (χ3n) is 3.38. The number of phenolic OH excluding ortho intramolecular Hbond substituents is 1. The maximum atomic E-state index is 12.2. The molecule has 0 unspecified atom stereocenters. The van der Waals surface area contributed by atoms with E-state index in [0.717, 1.165) is 22.9 Å². The van der Waals surface area contributed by atoms with Crippen molar-refractivity contribution in [3.8, 4) is 5.75 Å². The van der Waals surface area contributed by atoms with Gasteiger partial charge in [-0.15, -0.1) is 0 Å². The largest absolute Gasteiger partial charge is 0.508 e. The van der Waals surface area contributed by atoms with E-state index in [0.29, 0.717) is 18.3 Å². The van der Waals surface area contributed by atoms with Crippen molar-refractivity contribution in [1.82, 2.24) is 9.88 Å². The number of aromatic nitrogens is 1. The lowest BCUT2D eigenvalue weighted by Gasteiger charge is -2.08. The minimum absolute atomic E-state index is 0.0734. The molecule has 2 N–H and O–H groups in total. The van der Waals surface area contributed by atoms with Gasteiger partial charge in [-0.25, -0.2) is 0 Å². The molecule has 0 aliphatic heterocycles. The van der Waals surface area contributed by atoms with E-state index in [1.165, 1.54) is 0 Å². The summed E-state index contributed by atoms with van der Waals surface area (Å²) in [5.74, 6) is 0.155. The smallest absolute Gasteiger partial charge is 0.268 e. The average molecular weight is 335 g/mol. The second kappa shape index (κ2) is 5.32. The number of hydrogen-bond acceptors (Lipinski definition) is 2. The SMILES string of the molecule is O=C(NCc1ccc(O)cc1)c1cc(Br)cn1C1CC1. The number of halogens is 1. The van der Waals surface area contributed by atoms with Crippen LogP contribution in [0.2, 0.25) is 0 Å². The third kappa shape index (κ3) is 2.88. The standard InChI is InChI=1S/C15H15BrN2O2/c16-11-7-14(18(9-11)12-3-4-12)15(20)17-8-10-1-5-13(19)6-2-10/h1-2,5-7,9,12,19H,3-4,8H2,(H,17,20). The Balaban J connectivity index is 1.68. The second-order valence-corrected chi connectivity index (χ2v) is 5.95. The first-order valence-corrected chi connectivity index (χ1v) is 7.36. The molecule has 1 aliphatic rings. The number of rotatable bonds is 4. The van der Waals surface area contributed by atoms with E-state index in [4.69, 9.17) is 0 Å². The Morgan fingerprint density at radius 3 is 2.70 bits per heavy atom. The lowest BCUT2D eigenvalue weighted by molar-refractivity contribution is 0.0941. The fourth-order valence-electron chi connectivity index (χ4n) is 2.17. The highest BCUT2D eigenvalue weighted by molar-refractivity contribution is 9.10. The van der Waals surface area contributed by atoms with Gasteiger partial charge in [-0.3, -0.25) is 4.79 Å². The highest BCUT2D eigenvalue weighted by Crippen LogP contribution is 2.37. The maximum Gasteiger partial charge on any atom is 0.268 e. The van der Waals surface area contributed by atoms with E-state index < -0.39 is 0 Å². The van der Waals surface area contributed by atoms with Crippen molar-refractivity contribution in [3.63, 3.8) is 0 Å². The van der Waals surface area contributed by atoms with Crippen LogP contribution in [0.4, 0.5) is 0 Å². The van der Waals surface area contributed by atoms with Gasteiger partial charge in [0.2, 0.25) is 0 Å². The van der Waals surface area contributed by atoms with Crippen molar-refractivity contribution >= 4 is 21.8 Å². The highest BCUT2D eigenvalue weighted by atomic mass is 79.9. The van der Waals surface area contributed by atoms with Gasteiger partial charge in [-0.2, -0.15) is 0 Å². The first-order chi connectivity index (χ1) is 9.63. The molecular formula is C15H15BrN2O2. The van der Waals surface area contributed by atoms with Crippen molar-refractivity contribution in [2.45, 2.75) is 25.4 Å². The van der Waals surface area contributed by atoms with Crippen molar-refractivity contribution in [2.24, 2.45) is 0 Å². The Morgan fingerprint density at radius 1 is 1.35 bits per heavy atom. The molecule has 0 saturated heterocycles. The van der Waals surface area contributed by atoms with Crippen molar-refractivity contribution in [1.29, 1.82) is 0 Å². The molecule has 0 atom stereocenters. The van der Waals surface area contributed by atoms with Gasteiger partial charge in [0.15, 0.2) is 0 Å². The zero-order chi connectivity index (χ0) is 14.1. The van der Waals surface area contributed by atoms with Crippen LogP contribution in [0.3, 0.4) is 0 Å². The number of amides is 1. The molecule has 1 aromatic carbocycles. The second-order valence-electron chi connectivity index (χ2n) is 5.03. The predicted molar refractivity (Wildman–Crippen MR) is 79.7 cm³/mol. The first kappa shape index (κ1) is 13.2. The van der Waals surface area contributed by atoms with Gasteiger partial charge in [0.05, 0.1) is 0 Å². The molecule has 5 heteroatoms. The van der Waals surface area contributed by atoms with Crippen LogP contribution < -0.4 is 5.32 Å². The van der Waals surface area contributed by atoms with Gasteiger partial charge >= 0.3 is 0 Å². The average Bonchev–Trinajstić information content (AvgIpc) is 3.20. The van der Waals surface area contributed by atoms with Gasteiger partial charge in [0, 0.05) is 23.3 Å². The number of benzene rings is 1. The van der Waals surface area contributed by atoms with E-state index >= 15 is 0 Å². The summed E-state index contributed by atoms with van der Waals surface area (Å²) in [6.45, 7) is 0.451. The van der Waals surface area contributed by atoms with Gasteiger partial charge in [-0.05, 0) is 52.5 Å². The molecule has 20 heavy (non-hydrogen) atoms. The monoisotopic (exact) mass is 334 g/mol. The number of phenols is 1. The van der Waals surface area contributed by atoms with Crippen LogP contribution in [0.5, 0.6) is 5.75 Å². The Morgan fingerprint density at radius 2 is 2.05 bits per heavy atom. The molecule has 1 saturated carbocycles. The van der Waals surface area contributed by atoms with Crippen LogP contribution in [0.25, 0.3) is 0 Å². The topological polar surface area (TPSA) is 54.3 Å². The van der Waals surface area contributed by atoms with Gasteiger partial charge in [0.25, 0.3) is 5.91 Å². The van der Waals surface area contributed by atoms with Crippen LogP contribution in [0.1, 0.15) is 34.9 Å². The molecule has 1 aliphatic carbocycles. The van der Waals surface area contributed by atoms with E-state index in [9.17, 15) is 9.90 Å². The van der Waals surface area contributed by atoms with Gasteiger partial charge in [0.1, 0.15) is 11.4 Å².